The number of aromatic nitrogens is 2. The quantitative estimate of drug-likeness (QED) is 0.702. The Hall–Kier alpha value is -3.20. The van der Waals surface area contributed by atoms with Gasteiger partial charge in [-0.2, -0.15) is 8.75 Å². The number of fused-ring (bicyclic) bond motifs is 2. The molecule has 1 N–H and O–H groups in total. The second-order valence-corrected chi connectivity index (χ2v) is 5.95. The summed E-state index contributed by atoms with van der Waals surface area (Å²) in [6.07, 6.45) is 0. The third-order valence-corrected chi connectivity index (χ3v) is 4.21. The minimum Gasteiger partial charge on any atom is -0.486 e. The van der Waals surface area contributed by atoms with Crippen LogP contribution in [0.1, 0.15) is 10.4 Å². The summed E-state index contributed by atoms with van der Waals surface area (Å²) >= 11 is 1.06. The van der Waals surface area contributed by atoms with Gasteiger partial charge < -0.3 is 19.5 Å². The predicted molar refractivity (Wildman–Crippen MR) is 93.8 cm³/mol. The highest BCUT2D eigenvalue weighted by Crippen LogP contribution is 2.30. The van der Waals surface area contributed by atoms with Gasteiger partial charge in [0, 0.05) is 0 Å². The number of hydrogen-bond acceptors (Lipinski definition) is 8. The fourth-order valence-electron chi connectivity index (χ4n) is 2.48. The SMILES string of the molecule is O=C(COC(=O)c1ccc2c(c1)OCCO2)Nc1cccc2nsnc12. The van der Waals surface area contributed by atoms with Crippen LogP contribution in [0.15, 0.2) is 36.4 Å². The molecule has 1 aromatic heterocycles. The van der Waals surface area contributed by atoms with Gasteiger partial charge in [0.2, 0.25) is 0 Å². The van der Waals surface area contributed by atoms with Crippen molar-refractivity contribution in [3.8, 4) is 11.5 Å². The predicted octanol–water partition coefficient (Wildman–Crippen LogP) is 2.26. The van der Waals surface area contributed by atoms with Crippen molar-refractivity contribution < 1.29 is 23.8 Å². The Bertz CT molecular complexity index is 987. The number of esters is 1. The molecule has 26 heavy (non-hydrogen) atoms. The first-order valence-corrected chi connectivity index (χ1v) is 8.51. The van der Waals surface area contributed by atoms with Crippen LogP contribution in [0.5, 0.6) is 11.5 Å². The zero-order chi connectivity index (χ0) is 17.9. The Kier molecular flexibility index (Phi) is 4.36. The molecule has 2 heterocycles. The largest absolute Gasteiger partial charge is 0.486 e. The number of amides is 1. The summed E-state index contributed by atoms with van der Waals surface area (Å²) < 4.78 is 24.1. The number of hydrogen-bond donors (Lipinski definition) is 1. The minimum absolute atomic E-state index is 0.285. The van der Waals surface area contributed by atoms with Crippen LogP contribution in [-0.2, 0) is 9.53 Å². The summed E-state index contributed by atoms with van der Waals surface area (Å²) in [4.78, 5) is 24.2. The van der Waals surface area contributed by atoms with E-state index < -0.39 is 18.5 Å². The van der Waals surface area contributed by atoms with E-state index in [0.717, 1.165) is 11.7 Å². The van der Waals surface area contributed by atoms with Crippen molar-refractivity contribution in [1.82, 2.24) is 8.75 Å². The number of nitrogens with zero attached hydrogens (tertiary/aromatic N) is 2. The van der Waals surface area contributed by atoms with Gasteiger partial charge in [-0.1, -0.05) is 6.07 Å². The average Bonchev–Trinajstić information content (AvgIpc) is 3.15. The first-order chi connectivity index (χ1) is 12.7. The van der Waals surface area contributed by atoms with Gasteiger partial charge >= 0.3 is 5.97 Å². The summed E-state index contributed by atoms with van der Waals surface area (Å²) in [7, 11) is 0. The third kappa shape index (κ3) is 3.29. The van der Waals surface area contributed by atoms with Crippen molar-refractivity contribution in [2.24, 2.45) is 0 Å². The molecule has 1 aliphatic rings. The molecular formula is C17H13N3O5S. The molecule has 1 amide bonds. The number of carbonyl (C=O) groups excluding carboxylic acids is 2. The highest BCUT2D eigenvalue weighted by atomic mass is 32.1. The molecule has 3 aromatic rings. The maximum absolute atomic E-state index is 12.1. The first-order valence-electron chi connectivity index (χ1n) is 7.78. The molecule has 0 atom stereocenters. The van der Waals surface area contributed by atoms with Crippen molar-refractivity contribution in [1.29, 1.82) is 0 Å². The highest BCUT2D eigenvalue weighted by Gasteiger charge is 2.17. The summed E-state index contributed by atoms with van der Waals surface area (Å²) in [6.45, 7) is 0.477. The van der Waals surface area contributed by atoms with Gasteiger partial charge in [0.05, 0.1) is 23.0 Å². The molecule has 0 spiro atoms. The second-order valence-electron chi connectivity index (χ2n) is 5.42. The third-order valence-electron chi connectivity index (χ3n) is 3.67. The van der Waals surface area contributed by atoms with Crippen LogP contribution in [0.25, 0.3) is 11.0 Å². The topological polar surface area (TPSA) is 99.6 Å². The van der Waals surface area contributed by atoms with Gasteiger partial charge in [-0.3, -0.25) is 4.79 Å². The van der Waals surface area contributed by atoms with Gasteiger partial charge in [0.1, 0.15) is 24.2 Å². The van der Waals surface area contributed by atoms with Crippen LogP contribution in [0.3, 0.4) is 0 Å². The number of rotatable bonds is 4. The van der Waals surface area contributed by atoms with Crippen LogP contribution >= 0.6 is 11.7 Å². The van der Waals surface area contributed by atoms with E-state index in [-0.39, 0.29) is 5.56 Å². The van der Waals surface area contributed by atoms with Crippen LogP contribution in [0, 0.1) is 0 Å². The smallest absolute Gasteiger partial charge is 0.338 e. The molecule has 1 aliphatic heterocycles. The summed E-state index contributed by atoms with van der Waals surface area (Å²) in [6, 6.07) is 10.0. The fourth-order valence-corrected chi connectivity index (χ4v) is 3.03. The Balaban J connectivity index is 1.38. The molecule has 0 fully saturated rings. The molecule has 9 heteroatoms. The Morgan fingerprint density at radius 1 is 1.12 bits per heavy atom. The lowest BCUT2D eigenvalue weighted by atomic mass is 10.2. The van der Waals surface area contributed by atoms with E-state index in [1.54, 1.807) is 30.3 Å². The van der Waals surface area contributed by atoms with E-state index in [1.165, 1.54) is 6.07 Å². The van der Waals surface area contributed by atoms with Crippen molar-refractivity contribution in [3.05, 3.63) is 42.0 Å². The molecule has 132 valence electrons. The minimum atomic E-state index is -0.620. The fraction of sp³-hybridized carbons (Fsp3) is 0.176. The van der Waals surface area contributed by atoms with Crippen LogP contribution in [-0.4, -0.2) is 40.4 Å². The van der Waals surface area contributed by atoms with Crippen LogP contribution < -0.4 is 14.8 Å². The summed E-state index contributed by atoms with van der Waals surface area (Å²) in [5.41, 5.74) is 2.11. The molecule has 0 unspecified atom stereocenters. The van der Waals surface area contributed by atoms with E-state index in [2.05, 4.69) is 14.1 Å². The molecule has 8 nitrogen and oxygen atoms in total. The molecule has 0 aliphatic carbocycles. The van der Waals surface area contributed by atoms with Crippen LogP contribution in [0.4, 0.5) is 5.69 Å². The van der Waals surface area contributed by atoms with E-state index in [4.69, 9.17) is 14.2 Å². The summed E-state index contributed by atoms with van der Waals surface area (Å²) in [5, 5.41) is 2.67. The number of carbonyl (C=O) groups is 2. The Morgan fingerprint density at radius 3 is 2.85 bits per heavy atom. The number of anilines is 1. The van der Waals surface area contributed by atoms with Gasteiger partial charge in [-0.05, 0) is 30.3 Å². The number of ether oxygens (including phenoxy) is 3. The van der Waals surface area contributed by atoms with Crippen LogP contribution in [0.2, 0.25) is 0 Å². The monoisotopic (exact) mass is 371 g/mol. The Morgan fingerprint density at radius 2 is 1.96 bits per heavy atom. The highest BCUT2D eigenvalue weighted by molar-refractivity contribution is 7.00. The first kappa shape index (κ1) is 16.3. The van der Waals surface area contributed by atoms with E-state index in [0.29, 0.717) is 41.4 Å². The zero-order valence-corrected chi connectivity index (χ0v) is 14.2. The van der Waals surface area contributed by atoms with Gasteiger partial charge in [0.25, 0.3) is 5.91 Å². The summed E-state index contributed by atoms with van der Waals surface area (Å²) in [5.74, 6) is -0.0181. The average molecular weight is 371 g/mol. The molecular weight excluding hydrogens is 358 g/mol. The van der Waals surface area contributed by atoms with Gasteiger partial charge in [-0.25, -0.2) is 4.79 Å². The molecule has 0 bridgehead atoms. The molecule has 0 saturated heterocycles. The van der Waals surface area contributed by atoms with E-state index in [1.807, 2.05) is 0 Å². The van der Waals surface area contributed by atoms with Gasteiger partial charge in [0.15, 0.2) is 18.1 Å². The molecule has 2 aromatic carbocycles. The Labute approximate surface area is 152 Å². The second kappa shape index (κ2) is 6.96. The molecule has 0 radical (unpaired) electrons. The van der Waals surface area contributed by atoms with E-state index in [9.17, 15) is 9.59 Å². The van der Waals surface area contributed by atoms with Crippen molar-refractivity contribution in [2.45, 2.75) is 0 Å². The van der Waals surface area contributed by atoms with Crippen molar-refractivity contribution in [2.75, 3.05) is 25.1 Å². The normalized spacial score (nSPS) is 12.6. The standard InChI is InChI=1S/C17H13N3O5S/c21-15(18-11-2-1-3-12-16(11)20-26-19-12)9-25-17(22)10-4-5-13-14(8-10)24-7-6-23-13/h1-5,8H,6-7,9H2,(H,18,21). The number of benzene rings is 2. The number of nitrogens with one attached hydrogen (secondary N) is 1. The molecule has 4 rings (SSSR count). The maximum atomic E-state index is 12.1. The van der Waals surface area contributed by atoms with E-state index >= 15 is 0 Å². The lowest BCUT2D eigenvalue weighted by Gasteiger charge is -2.18. The molecule has 0 saturated carbocycles. The lowest BCUT2D eigenvalue weighted by Crippen LogP contribution is -2.21. The van der Waals surface area contributed by atoms with Crippen molar-refractivity contribution in [3.63, 3.8) is 0 Å². The van der Waals surface area contributed by atoms with Crippen molar-refractivity contribution >= 4 is 40.3 Å². The maximum Gasteiger partial charge on any atom is 0.338 e. The lowest BCUT2D eigenvalue weighted by molar-refractivity contribution is -0.119. The van der Waals surface area contributed by atoms with Gasteiger partial charge in [-0.15, -0.1) is 0 Å². The zero-order valence-electron chi connectivity index (χ0n) is 13.4.